The van der Waals surface area contributed by atoms with Gasteiger partial charge in [-0.1, -0.05) is 13.0 Å². The summed E-state index contributed by atoms with van der Waals surface area (Å²) in [6, 6.07) is 8.95. The molecule has 1 amide bonds. The van der Waals surface area contributed by atoms with Crippen LogP contribution in [0, 0.1) is 6.92 Å². The summed E-state index contributed by atoms with van der Waals surface area (Å²) in [5.41, 5.74) is 1.92. The van der Waals surface area contributed by atoms with Crippen LogP contribution in [0.25, 0.3) is 5.65 Å². The number of amides is 1. The van der Waals surface area contributed by atoms with Crippen LogP contribution in [0.15, 0.2) is 47.2 Å². The van der Waals surface area contributed by atoms with Crippen molar-refractivity contribution in [3.8, 4) is 0 Å². The van der Waals surface area contributed by atoms with Crippen LogP contribution in [0.4, 0.5) is 0 Å². The summed E-state index contributed by atoms with van der Waals surface area (Å²) < 4.78 is 7.18. The highest BCUT2D eigenvalue weighted by Crippen LogP contribution is 2.19. The molecule has 3 heterocycles. The number of carbonyl (C=O) groups excluding carboxylic acids is 1. The molecule has 1 N–H and O–H groups in total. The number of fused-ring (bicyclic) bond motifs is 1. The minimum atomic E-state index is -0.281. The Morgan fingerprint density at radius 1 is 1.38 bits per heavy atom. The molecule has 0 saturated heterocycles. The van der Waals surface area contributed by atoms with Crippen LogP contribution >= 0.6 is 0 Å². The summed E-state index contributed by atoms with van der Waals surface area (Å²) in [6.07, 6.45) is 4.06. The van der Waals surface area contributed by atoms with Gasteiger partial charge in [0.2, 0.25) is 0 Å². The molecule has 0 saturated carbocycles. The lowest BCUT2D eigenvalue weighted by Gasteiger charge is -2.29. The summed E-state index contributed by atoms with van der Waals surface area (Å²) in [7, 11) is 0. The maximum atomic E-state index is 13.2. The number of nitrogens with zero attached hydrogens (tertiary/aromatic N) is 3. The third-order valence-electron chi connectivity index (χ3n) is 4.20. The summed E-state index contributed by atoms with van der Waals surface area (Å²) in [6.45, 7) is 3.99. The van der Waals surface area contributed by atoms with Crippen LogP contribution in [-0.4, -0.2) is 37.9 Å². The molecule has 126 valence electrons. The number of furan rings is 1. The van der Waals surface area contributed by atoms with Crippen molar-refractivity contribution in [3.05, 3.63) is 59.9 Å². The van der Waals surface area contributed by atoms with Crippen molar-refractivity contribution in [2.75, 3.05) is 6.61 Å². The number of aliphatic hydroxyl groups is 1. The average Bonchev–Trinajstić information content (AvgIpc) is 3.20. The summed E-state index contributed by atoms with van der Waals surface area (Å²) in [5.74, 6) is 0.519. The molecule has 0 aliphatic heterocycles. The van der Waals surface area contributed by atoms with E-state index in [1.807, 2.05) is 44.3 Å². The van der Waals surface area contributed by atoms with Crippen LogP contribution in [0.3, 0.4) is 0 Å². The van der Waals surface area contributed by atoms with Crippen molar-refractivity contribution in [1.82, 2.24) is 14.3 Å². The first-order chi connectivity index (χ1) is 11.7. The minimum absolute atomic E-state index is 0.0985. The first-order valence-electron chi connectivity index (χ1n) is 8.03. The molecule has 6 heteroatoms. The van der Waals surface area contributed by atoms with Crippen LogP contribution in [0.1, 0.15) is 35.3 Å². The van der Waals surface area contributed by atoms with Crippen LogP contribution < -0.4 is 0 Å². The first kappa shape index (κ1) is 16.3. The van der Waals surface area contributed by atoms with Crippen LogP contribution in [-0.2, 0) is 6.54 Å². The fourth-order valence-electron chi connectivity index (χ4n) is 2.89. The summed E-state index contributed by atoms with van der Waals surface area (Å²) in [4.78, 5) is 19.3. The third kappa shape index (κ3) is 2.92. The molecule has 6 nitrogen and oxygen atoms in total. The van der Waals surface area contributed by atoms with Gasteiger partial charge in [0.05, 0.1) is 31.2 Å². The Kier molecular flexibility index (Phi) is 4.66. The zero-order valence-corrected chi connectivity index (χ0v) is 13.8. The number of pyridine rings is 1. The number of hydrogen-bond donors (Lipinski definition) is 1. The lowest BCUT2D eigenvalue weighted by molar-refractivity contribution is 0.0537. The Morgan fingerprint density at radius 3 is 2.88 bits per heavy atom. The van der Waals surface area contributed by atoms with E-state index in [-0.39, 0.29) is 18.6 Å². The standard InChI is InChI=1S/C18H21N3O3/c1-3-14(12-22)21(11-15-7-6-10-24-15)18(23)17-13(2)19-16-8-4-5-9-20(16)17/h4-10,14,22H,3,11-12H2,1-2H3/t14-/m1/s1. The van der Waals surface area contributed by atoms with Gasteiger partial charge in [-0.3, -0.25) is 9.20 Å². The molecule has 0 bridgehead atoms. The number of hydrogen-bond acceptors (Lipinski definition) is 4. The molecule has 0 fully saturated rings. The highest BCUT2D eigenvalue weighted by Gasteiger charge is 2.28. The molecule has 24 heavy (non-hydrogen) atoms. The van der Waals surface area contributed by atoms with E-state index in [4.69, 9.17) is 4.42 Å². The van der Waals surface area contributed by atoms with Gasteiger partial charge in [0.25, 0.3) is 5.91 Å². The van der Waals surface area contributed by atoms with E-state index in [0.717, 1.165) is 5.65 Å². The number of aromatic nitrogens is 2. The smallest absolute Gasteiger partial charge is 0.273 e. The van der Waals surface area contributed by atoms with E-state index >= 15 is 0 Å². The van der Waals surface area contributed by atoms with Gasteiger partial charge in [0.15, 0.2) is 0 Å². The first-order valence-corrected chi connectivity index (χ1v) is 8.03. The number of imidazole rings is 1. The highest BCUT2D eigenvalue weighted by atomic mass is 16.3. The van der Waals surface area contributed by atoms with Crippen molar-refractivity contribution in [1.29, 1.82) is 0 Å². The molecular formula is C18H21N3O3. The molecule has 3 aromatic rings. The van der Waals surface area contributed by atoms with E-state index in [2.05, 4.69) is 4.98 Å². The fraction of sp³-hybridized carbons (Fsp3) is 0.333. The number of aryl methyl sites for hydroxylation is 1. The quantitative estimate of drug-likeness (QED) is 0.755. The molecule has 3 rings (SSSR count). The number of rotatable bonds is 6. The van der Waals surface area contributed by atoms with E-state index in [1.165, 1.54) is 0 Å². The average molecular weight is 327 g/mol. The van der Waals surface area contributed by atoms with E-state index in [9.17, 15) is 9.90 Å². The predicted molar refractivity (Wildman–Crippen MR) is 89.7 cm³/mol. The Hall–Kier alpha value is -2.60. The van der Waals surface area contributed by atoms with E-state index in [0.29, 0.717) is 30.1 Å². The lowest BCUT2D eigenvalue weighted by Crippen LogP contribution is -2.42. The van der Waals surface area contributed by atoms with Gasteiger partial charge in [-0.25, -0.2) is 4.98 Å². The summed E-state index contributed by atoms with van der Waals surface area (Å²) >= 11 is 0. The highest BCUT2D eigenvalue weighted by molar-refractivity contribution is 5.94. The molecule has 0 aliphatic carbocycles. The van der Waals surface area contributed by atoms with Crippen molar-refractivity contribution < 1.29 is 14.3 Å². The Balaban J connectivity index is 2.02. The molecular weight excluding hydrogens is 306 g/mol. The van der Waals surface area contributed by atoms with Gasteiger partial charge < -0.3 is 14.4 Å². The van der Waals surface area contributed by atoms with Crippen LogP contribution in [0.5, 0.6) is 0 Å². The van der Waals surface area contributed by atoms with Crippen molar-refractivity contribution in [2.24, 2.45) is 0 Å². The Morgan fingerprint density at radius 2 is 2.21 bits per heavy atom. The van der Waals surface area contributed by atoms with E-state index < -0.39 is 0 Å². The predicted octanol–water partition coefficient (Wildman–Crippen LogP) is 2.65. The van der Waals surface area contributed by atoms with Crippen molar-refractivity contribution in [2.45, 2.75) is 32.9 Å². The SMILES string of the molecule is CC[C@H](CO)N(Cc1ccco1)C(=O)c1c(C)nc2ccccn12. The van der Waals surface area contributed by atoms with Crippen LogP contribution in [0.2, 0.25) is 0 Å². The van der Waals surface area contributed by atoms with Gasteiger partial charge in [0, 0.05) is 6.20 Å². The molecule has 0 unspecified atom stereocenters. The maximum Gasteiger partial charge on any atom is 0.273 e. The van der Waals surface area contributed by atoms with Gasteiger partial charge in [-0.05, 0) is 37.6 Å². The monoisotopic (exact) mass is 327 g/mol. The molecule has 3 aromatic heterocycles. The second-order valence-electron chi connectivity index (χ2n) is 5.73. The molecule has 0 aliphatic rings. The fourth-order valence-corrected chi connectivity index (χ4v) is 2.89. The molecule has 1 atom stereocenters. The Bertz CT molecular complexity index is 819. The van der Waals surface area contributed by atoms with Gasteiger partial charge >= 0.3 is 0 Å². The summed E-state index contributed by atoms with van der Waals surface area (Å²) in [5, 5.41) is 9.71. The van der Waals surface area contributed by atoms with Crippen molar-refractivity contribution >= 4 is 11.6 Å². The normalized spacial score (nSPS) is 12.5. The molecule has 0 aromatic carbocycles. The molecule has 0 spiro atoms. The van der Waals surface area contributed by atoms with Crippen molar-refractivity contribution in [3.63, 3.8) is 0 Å². The zero-order valence-electron chi connectivity index (χ0n) is 13.8. The lowest BCUT2D eigenvalue weighted by atomic mass is 10.1. The van der Waals surface area contributed by atoms with Gasteiger partial charge in [0.1, 0.15) is 17.1 Å². The number of aliphatic hydroxyl groups excluding tert-OH is 1. The maximum absolute atomic E-state index is 13.2. The minimum Gasteiger partial charge on any atom is -0.467 e. The number of carbonyl (C=O) groups is 1. The topological polar surface area (TPSA) is 71.0 Å². The second-order valence-corrected chi connectivity index (χ2v) is 5.73. The third-order valence-corrected chi connectivity index (χ3v) is 4.20. The zero-order chi connectivity index (χ0) is 17.1. The van der Waals surface area contributed by atoms with Gasteiger partial charge in [-0.2, -0.15) is 0 Å². The largest absolute Gasteiger partial charge is 0.467 e. The molecule has 0 radical (unpaired) electrons. The van der Waals surface area contributed by atoms with Gasteiger partial charge in [-0.15, -0.1) is 0 Å². The Labute approximate surface area is 140 Å². The van der Waals surface area contributed by atoms with E-state index in [1.54, 1.807) is 21.6 Å². The second kappa shape index (κ2) is 6.88.